The second-order valence-corrected chi connectivity index (χ2v) is 6.60. The van der Waals surface area contributed by atoms with Gasteiger partial charge in [0.2, 0.25) is 5.91 Å². The Morgan fingerprint density at radius 3 is 2.54 bits per heavy atom. The topological polar surface area (TPSA) is 32.3 Å². The maximum Gasteiger partial charge on any atom is 0.228 e. The van der Waals surface area contributed by atoms with Crippen LogP contribution in [0.4, 0.5) is 5.69 Å². The summed E-state index contributed by atoms with van der Waals surface area (Å²) in [7, 11) is 0. The van der Waals surface area contributed by atoms with Crippen LogP contribution in [0.5, 0.6) is 0 Å². The zero-order chi connectivity index (χ0) is 16.8. The third-order valence-corrected chi connectivity index (χ3v) is 4.76. The van der Waals surface area contributed by atoms with Crippen LogP contribution in [0.3, 0.4) is 0 Å². The Hall–Kier alpha value is -2.13. The number of carbonyl (C=O) groups excluding carboxylic acids is 1. The molecule has 0 radical (unpaired) electrons. The molecular weight excluding hydrogens is 296 g/mol. The molecule has 3 rings (SSSR count). The van der Waals surface area contributed by atoms with Crippen LogP contribution in [0.1, 0.15) is 30.9 Å². The zero-order valence-electron chi connectivity index (χ0n) is 14.4. The van der Waals surface area contributed by atoms with Gasteiger partial charge >= 0.3 is 0 Å². The van der Waals surface area contributed by atoms with E-state index in [1.165, 1.54) is 11.1 Å². The molecule has 2 aromatic rings. The quantitative estimate of drug-likeness (QED) is 0.899. The second kappa shape index (κ2) is 8.11. The Labute approximate surface area is 144 Å². The molecule has 0 unspecified atom stereocenters. The van der Waals surface area contributed by atoms with Crippen molar-refractivity contribution in [3.05, 3.63) is 65.7 Å². The fourth-order valence-electron chi connectivity index (χ4n) is 3.32. The number of likely N-dealkylation sites (tertiary alicyclic amines) is 1. The van der Waals surface area contributed by atoms with E-state index in [2.05, 4.69) is 53.5 Å². The molecule has 0 aromatic heterocycles. The number of aryl methyl sites for hydroxylation is 1. The van der Waals surface area contributed by atoms with Gasteiger partial charge < -0.3 is 5.32 Å². The fourth-order valence-corrected chi connectivity index (χ4v) is 3.32. The summed E-state index contributed by atoms with van der Waals surface area (Å²) < 4.78 is 0. The van der Waals surface area contributed by atoms with Gasteiger partial charge in [0.1, 0.15) is 0 Å². The number of benzene rings is 2. The highest BCUT2D eigenvalue weighted by Gasteiger charge is 2.25. The third kappa shape index (κ3) is 4.45. The number of hydrogen-bond acceptors (Lipinski definition) is 2. The van der Waals surface area contributed by atoms with Crippen LogP contribution in [0.15, 0.2) is 54.6 Å². The second-order valence-electron chi connectivity index (χ2n) is 6.60. The molecule has 126 valence electrons. The molecule has 0 aliphatic carbocycles. The minimum atomic E-state index is 0.0771. The van der Waals surface area contributed by atoms with Crippen LogP contribution in [-0.2, 0) is 17.8 Å². The molecule has 1 atom stereocenters. The molecule has 1 aliphatic rings. The number of rotatable bonds is 5. The minimum absolute atomic E-state index is 0.0771. The molecule has 3 nitrogen and oxygen atoms in total. The van der Waals surface area contributed by atoms with Crippen molar-refractivity contribution in [2.24, 2.45) is 5.92 Å². The summed E-state index contributed by atoms with van der Waals surface area (Å²) in [6.07, 6.45) is 3.08. The number of anilines is 1. The number of nitrogens with one attached hydrogen (secondary N) is 1. The average Bonchev–Trinajstić information content (AvgIpc) is 2.63. The van der Waals surface area contributed by atoms with Crippen molar-refractivity contribution in [3.8, 4) is 0 Å². The molecule has 1 heterocycles. The van der Waals surface area contributed by atoms with Gasteiger partial charge in [-0.25, -0.2) is 0 Å². The summed E-state index contributed by atoms with van der Waals surface area (Å²) >= 11 is 0. The SMILES string of the molecule is CCc1ccc(NC(=O)[C@@H]2CCCN(Cc3ccccc3)C2)cc1. The molecule has 0 spiro atoms. The van der Waals surface area contributed by atoms with Gasteiger partial charge in [-0.3, -0.25) is 9.69 Å². The number of carbonyl (C=O) groups is 1. The van der Waals surface area contributed by atoms with Crippen molar-refractivity contribution in [1.29, 1.82) is 0 Å². The normalized spacial score (nSPS) is 18.3. The van der Waals surface area contributed by atoms with Crippen molar-refractivity contribution in [2.45, 2.75) is 32.7 Å². The largest absolute Gasteiger partial charge is 0.326 e. The zero-order valence-corrected chi connectivity index (χ0v) is 14.4. The van der Waals surface area contributed by atoms with Crippen molar-refractivity contribution in [2.75, 3.05) is 18.4 Å². The van der Waals surface area contributed by atoms with Gasteiger partial charge in [-0.2, -0.15) is 0 Å². The molecule has 1 fully saturated rings. The first-order valence-corrected chi connectivity index (χ1v) is 8.90. The smallest absolute Gasteiger partial charge is 0.228 e. The van der Waals surface area contributed by atoms with E-state index in [9.17, 15) is 4.79 Å². The molecule has 0 bridgehead atoms. The Morgan fingerprint density at radius 2 is 1.83 bits per heavy atom. The number of nitrogens with zero attached hydrogens (tertiary/aromatic N) is 1. The highest BCUT2D eigenvalue weighted by molar-refractivity contribution is 5.92. The van der Waals surface area contributed by atoms with Gasteiger partial charge in [0.25, 0.3) is 0 Å². The van der Waals surface area contributed by atoms with Crippen LogP contribution in [-0.4, -0.2) is 23.9 Å². The monoisotopic (exact) mass is 322 g/mol. The van der Waals surface area contributed by atoms with Crippen molar-refractivity contribution >= 4 is 11.6 Å². The molecule has 24 heavy (non-hydrogen) atoms. The Bertz CT molecular complexity index is 651. The van der Waals surface area contributed by atoms with Gasteiger partial charge in [0.05, 0.1) is 5.92 Å². The van der Waals surface area contributed by atoms with Crippen molar-refractivity contribution in [1.82, 2.24) is 4.90 Å². The molecular formula is C21H26N2O. The van der Waals surface area contributed by atoms with Gasteiger partial charge in [-0.05, 0) is 49.1 Å². The molecule has 3 heteroatoms. The number of hydrogen-bond donors (Lipinski definition) is 1. The first-order valence-electron chi connectivity index (χ1n) is 8.90. The molecule has 1 aliphatic heterocycles. The lowest BCUT2D eigenvalue weighted by molar-refractivity contribution is -0.121. The molecule has 1 amide bonds. The lowest BCUT2D eigenvalue weighted by Crippen LogP contribution is -2.40. The molecule has 0 saturated carbocycles. The van der Waals surface area contributed by atoms with E-state index < -0.39 is 0 Å². The van der Waals surface area contributed by atoms with Crippen LogP contribution in [0, 0.1) is 5.92 Å². The minimum Gasteiger partial charge on any atom is -0.326 e. The van der Waals surface area contributed by atoms with E-state index in [0.29, 0.717) is 0 Å². The van der Waals surface area contributed by atoms with E-state index in [-0.39, 0.29) is 11.8 Å². The summed E-state index contributed by atoms with van der Waals surface area (Å²) in [4.78, 5) is 15.0. The first kappa shape index (κ1) is 16.7. The maximum atomic E-state index is 12.6. The van der Waals surface area contributed by atoms with Crippen LogP contribution < -0.4 is 5.32 Å². The summed E-state index contributed by atoms with van der Waals surface area (Å²) in [5, 5.41) is 3.08. The predicted molar refractivity (Wildman–Crippen MR) is 98.9 cm³/mol. The van der Waals surface area contributed by atoms with Gasteiger partial charge in [0, 0.05) is 18.8 Å². The van der Waals surface area contributed by atoms with Crippen LogP contribution in [0.25, 0.3) is 0 Å². The summed E-state index contributed by atoms with van der Waals surface area (Å²) in [6, 6.07) is 18.7. The lowest BCUT2D eigenvalue weighted by atomic mass is 9.96. The molecule has 1 saturated heterocycles. The van der Waals surface area contributed by atoms with Gasteiger partial charge in [-0.1, -0.05) is 49.4 Å². The maximum absolute atomic E-state index is 12.6. The highest BCUT2D eigenvalue weighted by Crippen LogP contribution is 2.20. The van der Waals surface area contributed by atoms with Gasteiger partial charge in [0.15, 0.2) is 0 Å². The van der Waals surface area contributed by atoms with Crippen LogP contribution in [0.2, 0.25) is 0 Å². The fraction of sp³-hybridized carbons (Fsp3) is 0.381. The Balaban J connectivity index is 1.56. The van der Waals surface area contributed by atoms with Crippen LogP contribution >= 0.6 is 0 Å². The molecule has 1 N–H and O–H groups in total. The van der Waals surface area contributed by atoms with Gasteiger partial charge in [-0.15, -0.1) is 0 Å². The average molecular weight is 322 g/mol. The standard InChI is InChI=1S/C21H26N2O/c1-2-17-10-12-20(13-11-17)22-21(24)19-9-6-14-23(16-19)15-18-7-4-3-5-8-18/h3-5,7-8,10-13,19H,2,6,9,14-16H2,1H3,(H,22,24)/t19-/m1/s1. The summed E-state index contributed by atoms with van der Waals surface area (Å²) in [6.45, 7) is 4.98. The summed E-state index contributed by atoms with van der Waals surface area (Å²) in [5.41, 5.74) is 3.51. The third-order valence-electron chi connectivity index (χ3n) is 4.76. The first-order chi connectivity index (χ1) is 11.7. The van der Waals surface area contributed by atoms with E-state index >= 15 is 0 Å². The van der Waals surface area contributed by atoms with E-state index in [0.717, 1.165) is 44.6 Å². The van der Waals surface area contributed by atoms with E-state index in [4.69, 9.17) is 0 Å². The molecule has 2 aromatic carbocycles. The highest BCUT2D eigenvalue weighted by atomic mass is 16.1. The van der Waals surface area contributed by atoms with E-state index in [1.54, 1.807) is 0 Å². The number of piperidine rings is 1. The van der Waals surface area contributed by atoms with Crippen molar-refractivity contribution < 1.29 is 4.79 Å². The lowest BCUT2D eigenvalue weighted by Gasteiger charge is -2.32. The Kier molecular flexibility index (Phi) is 5.65. The van der Waals surface area contributed by atoms with E-state index in [1.807, 2.05) is 18.2 Å². The summed E-state index contributed by atoms with van der Waals surface area (Å²) in [5.74, 6) is 0.227. The predicted octanol–water partition coefficient (Wildman–Crippen LogP) is 4.10. The Morgan fingerprint density at radius 1 is 1.08 bits per heavy atom. The number of amides is 1. The van der Waals surface area contributed by atoms with Crippen molar-refractivity contribution in [3.63, 3.8) is 0 Å².